The third-order valence-electron chi connectivity index (χ3n) is 5.00. The van der Waals surface area contributed by atoms with E-state index in [2.05, 4.69) is 18.3 Å². The summed E-state index contributed by atoms with van der Waals surface area (Å²) in [6, 6.07) is 8.13. The molecule has 3 atom stereocenters. The maximum absolute atomic E-state index is 12.2. The van der Waals surface area contributed by atoms with Crippen molar-refractivity contribution in [2.75, 3.05) is 5.32 Å². The molecule has 0 aliphatic heterocycles. The summed E-state index contributed by atoms with van der Waals surface area (Å²) in [6.07, 6.45) is 7.11. The SMILES string of the molecule is CCc1ccccc1NC(=O)C[C@H]1C[C@H]2CC[C@H]1C2. The van der Waals surface area contributed by atoms with Gasteiger partial charge in [0.25, 0.3) is 0 Å². The van der Waals surface area contributed by atoms with Crippen LogP contribution >= 0.6 is 0 Å². The molecule has 2 heteroatoms. The quantitative estimate of drug-likeness (QED) is 0.867. The molecule has 2 aliphatic carbocycles. The Bertz CT molecular complexity index is 468. The van der Waals surface area contributed by atoms with Crippen LogP contribution in [0, 0.1) is 17.8 Å². The second-order valence-electron chi connectivity index (χ2n) is 6.20. The number of rotatable bonds is 4. The number of hydrogen-bond acceptors (Lipinski definition) is 1. The highest BCUT2D eigenvalue weighted by Crippen LogP contribution is 2.49. The molecule has 0 aromatic heterocycles. The average molecular weight is 257 g/mol. The summed E-state index contributed by atoms with van der Waals surface area (Å²) >= 11 is 0. The third kappa shape index (κ3) is 2.68. The summed E-state index contributed by atoms with van der Waals surface area (Å²) in [5, 5.41) is 3.11. The number of carbonyl (C=O) groups is 1. The van der Waals surface area contributed by atoms with Gasteiger partial charge >= 0.3 is 0 Å². The minimum absolute atomic E-state index is 0.207. The second-order valence-corrected chi connectivity index (χ2v) is 6.20. The number of hydrogen-bond donors (Lipinski definition) is 1. The van der Waals surface area contributed by atoms with Crippen molar-refractivity contribution in [2.45, 2.75) is 45.4 Å². The van der Waals surface area contributed by atoms with Crippen LogP contribution in [0.4, 0.5) is 5.69 Å². The van der Waals surface area contributed by atoms with Gasteiger partial charge in [0, 0.05) is 12.1 Å². The van der Waals surface area contributed by atoms with Crippen LogP contribution in [-0.2, 0) is 11.2 Å². The zero-order valence-corrected chi connectivity index (χ0v) is 11.7. The van der Waals surface area contributed by atoms with Crippen molar-refractivity contribution in [3.8, 4) is 0 Å². The lowest BCUT2D eigenvalue weighted by Crippen LogP contribution is -2.20. The van der Waals surface area contributed by atoms with Crippen LogP contribution in [0.5, 0.6) is 0 Å². The second kappa shape index (κ2) is 5.36. The fourth-order valence-electron chi connectivity index (χ4n) is 4.02. The van der Waals surface area contributed by atoms with Crippen LogP contribution in [0.15, 0.2) is 24.3 Å². The van der Waals surface area contributed by atoms with E-state index in [1.165, 1.54) is 31.2 Å². The van der Waals surface area contributed by atoms with E-state index in [1.54, 1.807) is 0 Å². The smallest absolute Gasteiger partial charge is 0.224 e. The lowest BCUT2D eigenvalue weighted by atomic mass is 9.86. The molecule has 3 rings (SSSR count). The number of carbonyl (C=O) groups excluding carboxylic acids is 1. The monoisotopic (exact) mass is 257 g/mol. The summed E-state index contributed by atoms with van der Waals surface area (Å²) in [4.78, 5) is 12.2. The predicted octanol–water partition coefficient (Wildman–Crippen LogP) is 4.01. The topological polar surface area (TPSA) is 29.1 Å². The molecule has 2 saturated carbocycles. The summed E-state index contributed by atoms with van der Waals surface area (Å²) in [5.74, 6) is 2.61. The molecule has 1 aromatic carbocycles. The Labute approximate surface area is 115 Å². The van der Waals surface area contributed by atoms with Crippen LogP contribution in [0.3, 0.4) is 0 Å². The number of fused-ring (bicyclic) bond motifs is 2. The molecule has 1 N–H and O–H groups in total. The van der Waals surface area contributed by atoms with E-state index in [-0.39, 0.29) is 5.91 Å². The first-order chi connectivity index (χ1) is 9.26. The maximum atomic E-state index is 12.2. The Morgan fingerprint density at radius 3 is 2.79 bits per heavy atom. The number of aryl methyl sites for hydroxylation is 1. The maximum Gasteiger partial charge on any atom is 0.224 e. The lowest BCUT2D eigenvalue weighted by Gasteiger charge is -2.21. The van der Waals surface area contributed by atoms with Crippen LogP contribution in [0.1, 0.15) is 44.6 Å². The highest BCUT2D eigenvalue weighted by Gasteiger charge is 2.40. The summed E-state index contributed by atoms with van der Waals surface area (Å²) in [6.45, 7) is 2.13. The summed E-state index contributed by atoms with van der Waals surface area (Å²) in [5.41, 5.74) is 2.22. The molecule has 2 aliphatic rings. The van der Waals surface area contributed by atoms with Crippen LogP contribution < -0.4 is 5.32 Å². The molecule has 19 heavy (non-hydrogen) atoms. The van der Waals surface area contributed by atoms with Gasteiger partial charge in [-0.05, 0) is 55.1 Å². The number of amides is 1. The highest BCUT2D eigenvalue weighted by molar-refractivity contribution is 5.91. The summed E-state index contributed by atoms with van der Waals surface area (Å²) < 4.78 is 0. The van der Waals surface area contributed by atoms with E-state index >= 15 is 0 Å². The lowest BCUT2D eigenvalue weighted by molar-refractivity contribution is -0.117. The predicted molar refractivity (Wildman–Crippen MR) is 78.0 cm³/mol. The van der Waals surface area contributed by atoms with Gasteiger partial charge in [0.2, 0.25) is 5.91 Å². The van der Waals surface area contributed by atoms with Crippen LogP contribution in [0.25, 0.3) is 0 Å². The minimum atomic E-state index is 0.207. The number of anilines is 1. The zero-order chi connectivity index (χ0) is 13.2. The molecule has 1 aromatic rings. The molecule has 0 heterocycles. The van der Waals surface area contributed by atoms with Gasteiger partial charge in [-0.3, -0.25) is 4.79 Å². The van der Waals surface area contributed by atoms with Gasteiger partial charge in [0.05, 0.1) is 0 Å². The van der Waals surface area contributed by atoms with E-state index in [9.17, 15) is 4.79 Å². The number of benzene rings is 1. The molecule has 0 saturated heterocycles. The first kappa shape index (κ1) is 12.7. The van der Waals surface area contributed by atoms with E-state index in [4.69, 9.17) is 0 Å². The molecular formula is C17H23NO. The van der Waals surface area contributed by atoms with Gasteiger partial charge in [-0.2, -0.15) is 0 Å². The van der Waals surface area contributed by atoms with E-state index in [0.717, 1.165) is 30.4 Å². The normalized spacial score (nSPS) is 28.6. The van der Waals surface area contributed by atoms with Crippen molar-refractivity contribution in [3.05, 3.63) is 29.8 Å². The van der Waals surface area contributed by atoms with Crippen molar-refractivity contribution in [1.29, 1.82) is 0 Å². The van der Waals surface area contributed by atoms with E-state index in [1.807, 2.05) is 18.2 Å². The Morgan fingerprint density at radius 1 is 1.26 bits per heavy atom. The number of nitrogens with one attached hydrogen (secondary N) is 1. The van der Waals surface area contributed by atoms with Crippen molar-refractivity contribution in [2.24, 2.45) is 17.8 Å². The first-order valence-electron chi connectivity index (χ1n) is 7.64. The number of para-hydroxylation sites is 1. The van der Waals surface area contributed by atoms with Crippen molar-refractivity contribution in [3.63, 3.8) is 0 Å². The summed E-state index contributed by atoms with van der Waals surface area (Å²) in [7, 11) is 0. The van der Waals surface area contributed by atoms with E-state index in [0.29, 0.717) is 5.92 Å². The zero-order valence-electron chi connectivity index (χ0n) is 11.7. The highest BCUT2D eigenvalue weighted by atomic mass is 16.1. The fourth-order valence-corrected chi connectivity index (χ4v) is 4.02. The average Bonchev–Trinajstić information content (AvgIpc) is 3.01. The molecule has 102 valence electrons. The Hall–Kier alpha value is -1.31. The molecule has 2 fully saturated rings. The van der Waals surface area contributed by atoms with E-state index < -0.39 is 0 Å². The standard InChI is InChI=1S/C17H23NO/c1-2-13-5-3-4-6-16(13)18-17(19)11-15-10-12-7-8-14(15)9-12/h3-6,12,14-15H,2,7-11H2,1H3,(H,18,19)/t12-,14-,15+/m0/s1. The van der Waals surface area contributed by atoms with Gasteiger partial charge in [-0.25, -0.2) is 0 Å². The van der Waals surface area contributed by atoms with Crippen molar-refractivity contribution >= 4 is 11.6 Å². The molecular weight excluding hydrogens is 234 g/mol. The minimum Gasteiger partial charge on any atom is -0.326 e. The van der Waals surface area contributed by atoms with Gasteiger partial charge in [-0.1, -0.05) is 31.5 Å². The van der Waals surface area contributed by atoms with Gasteiger partial charge < -0.3 is 5.32 Å². The molecule has 0 spiro atoms. The van der Waals surface area contributed by atoms with Gasteiger partial charge in [0.15, 0.2) is 0 Å². The Kier molecular flexibility index (Phi) is 3.58. The third-order valence-corrected chi connectivity index (χ3v) is 5.00. The molecule has 0 unspecified atom stereocenters. The largest absolute Gasteiger partial charge is 0.326 e. The first-order valence-corrected chi connectivity index (χ1v) is 7.64. The molecule has 2 bridgehead atoms. The van der Waals surface area contributed by atoms with Crippen LogP contribution in [0.2, 0.25) is 0 Å². The van der Waals surface area contributed by atoms with Crippen molar-refractivity contribution in [1.82, 2.24) is 0 Å². The van der Waals surface area contributed by atoms with Gasteiger partial charge in [-0.15, -0.1) is 0 Å². The van der Waals surface area contributed by atoms with Crippen LogP contribution in [-0.4, -0.2) is 5.91 Å². The Balaban J connectivity index is 1.59. The fraction of sp³-hybridized carbons (Fsp3) is 0.588. The molecule has 1 amide bonds. The van der Waals surface area contributed by atoms with Crippen molar-refractivity contribution < 1.29 is 4.79 Å². The molecule has 0 radical (unpaired) electrons. The van der Waals surface area contributed by atoms with Gasteiger partial charge in [0.1, 0.15) is 0 Å². The Morgan fingerprint density at radius 2 is 2.11 bits per heavy atom. The molecule has 2 nitrogen and oxygen atoms in total.